The van der Waals surface area contributed by atoms with Gasteiger partial charge in [0, 0.05) is 24.5 Å². The molecular weight excluding hydrogens is 384 g/mol. The maximum absolute atomic E-state index is 13.1. The van der Waals surface area contributed by atoms with Gasteiger partial charge in [-0.05, 0) is 44.0 Å². The van der Waals surface area contributed by atoms with Crippen molar-refractivity contribution in [3.63, 3.8) is 0 Å². The van der Waals surface area contributed by atoms with Crippen LogP contribution in [-0.4, -0.2) is 60.6 Å². The van der Waals surface area contributed by atoms with Crippen LogP contribution in [0.25, 0.3) is 0 Å². The maximum Gasteiger partial charge on any atom is 0.325 e. The van der Waals surface area contributed by atoms with Crippen molar-refractivity contribution in [1.82, 2.24) is 10.2 Å². The summed E-state index contributed by atoms with van der Waals surface area (Å²) >= 11 is 0. The molecule has 2 aliphatic heterocycles. The molecule has 1 atom stereocenters. The Balaban J connectivity index is 1.66. The molecule has 0 spiro atoms. The largest absolute Gasteiger partial charge is 0.378 e. The van der Waals surface area contributed by atoms with E-state index in [1.807, 2.05) is 38.1 Å². The number of nitrogens with one attached hydrogen (secondary N) is 2. The van der Waals surface area contributed by atoms with E-state index in [9.17, 15) is 14.4 Å². The summed E-state index contributed by atoms with van der Waals surface area (Å²) in [5, 5.41) is 5.68. The third-order valence-corrected chi connectivity index (χ3v) is 5.82. The lowest BCUT2D eigenvalue weighted by Gasteiger charge is -2.29. The normalized spacial score (nSPS) is 19.6. The van der Waals surface area contributed by atoms with Crippen molar-refractivity contribution in [2.45, 2.75) is 58.0 Å². The smallest absolute Gasteiger partial charge is 0.325 e. The van der Waals surface area contributed by atoms with Crippen LogP contribution < -0.4 is 15.5 Å². The van der Waals surface area contributed by atoms with E-state index < -0.39 is 17.6 Å². The molecule has 1 aromatic carbocycles. The summed E-state index contributed by atoms with van der Waals surface area (Å²) in [4.78, 5) is 41.7. The predicted octanol–water partition coefficient (Wildman–Crippen LogP) is 2.74. The number of benzene rings is 1. The molecule has 3 rings (SSSR count). The number of nitrogens with zero attached hydrogens (tertiary/aromatic N) is 2. The second-order valence-electron chi connectivity index (χ2n) is 8.00. The average molecular weight is 417 g/mol. The van der Waals surface area contributed by atoms with Gasteiger partial charge in [-0.1, -0.05) is 26.7 Å². The first-order chi connectivity index (χ1) is 14.4. The van der Waals surface area contributed by atoms with Gasteiger partial charge in [-0.25, -0.2) is 9.69 Å². The fourth-order valence-corrected chi connectivity index (χ4v) is 4.25. The lowest BCUT2D eigenvalue weighted by Crippen LogP contribution is -2.49. The number of anilines is 2. The predicted molar refractivity (Wildman–Crippen MR) is 115 cm³/mol. The topological polar surface area (TPSA) is 91.0 Å². The van der Waals surface area contributed by atoms with Crippen LogP contribution in [0.1, 0.15) is 46.5 Å². The van der Waals surface area contributed by atoms with E-state index in [1.165, 1.54) is 0 Å². The summed E-state index contributed by atoms with van der Waals surface area (Å²) in [6.07, 6.45) is 2.68. The number of ether oxygens (including phenoxy) is 1. The lowest BCUT2D eigenvalue weighted by molar-refractivity contribution is -0.136. The van der Waals surface area contributed by atoms with Crippen LogP contribution >= 0.6 is 0 Å². The molecule has 2 fully saturated rings. The van der Waals surface area contributed by atoms with E-state index >= 15 is 0 Å². The second kappa shape index (κ2) is 9.47. The molecule has 0 aliphatic carbocycles. The van der Waals surface area contributed by atoms with Crippen molar-refractivity contribution in [1.29, 1.82) is 0 Å². The zero-order chi connectivity index (χ0) is 21.7. The second-order valence-corrected chi connectivity index (χ2v) is 8.00. The van der Waals surface area contributed by atoms with Gasteiger partial charge in [0.25, 0.3) is 5.91 Å². The summed E-state index contributed by atoms with van der Waals surface area (Å²) in [6.45, 7) is 8.65. The first kappa shape index (κ1) is 22.1. The summed E-state index contributed by atoms with van der Waals surface area (Å²) < 4.78 is 5.37. The monoisotopic (exact) mass is 416 g/mol. The third kappa shape index (κ3) is 4.43. The van der Waals surface area contributed by atoms with Gasteiger partial charge in [0.1, 0.15) is 11.6 Å². The van der Waals surface area contributed by atoms with Gasteiger partial charge in [0.05, 0.1) is 13.2 Å². The summed E-state index contributed by atoms with van der Waals surface area (Å²) in [5.41, 5.74) is 0.807. The highest BCUT2D eigenvalue weighted by molar-refractivity contribution is 6.11. The molecule has 0 radical (unpaired) electrons. The van der Waals surface area contributed by atoms with Gasteiger partial charge in [-0.2, -0.15) is 0 Å². The molecule has 2 aliphatic rings. The van der Waals surface area contributed by atoms with E-state index in [-0.39, 0.29) is 11.8 Å². The molecule has 2 heterocycles. The number of hydrogen-bond acceptors (Lipinski definition) is 5. The Bertz CT molecular complexity index is 768. The Morgan fingerprint density at radius 1 is 1.13 bits per heavy atom. The van der Waals surface area contributed by atoms with Gasteiger partial charge in [0.2, 0.25) is 5.91 Å². The van der Waals surface area contributed by atoms with E-state index in [2.05, 4.69) is 15.5 Å². The molecule has 0 bridgehead atoms. The van der Waals surface area contributed by atoms with E-state index in [0.717, 1.165) is 36.5 Å². The number of amides is 4. The quantitative estimate of drug-likeness (QED) is 0.636. The van der Waals surface area contributed by atoms with Crippen molar-refractivity contribution in [2.24, 2.45) is 0 Å². The Labute approximate surface area is 177 Å². The fourth-order valence-electron chi connectivity index (χ4n) is 4.25. The van der Waals surface area contributed by atoms with Crippen LogP contribution in [0, 0.1) is 0 Å². The van der Waals surface area contributed by atoms with E-state index in [1.54, 1.807) is 6.92 Å². The summed E-state index contributed by atoms with van der Waals surface area (Å²) in [5.74, 6) is -0.692. The highest BCUT2D eigenvalue weighted by Gasteiger charge is 2.52. The molecule has 8 nitrogen and oxygen atoms in total. The molecule has 0 saturated carbocycles. The SMILES string of the molecule is CCCC1(CCC)NC(=O)N([C@H](C)C(=O)Nc2ccc(N3CCOCC3)cc2)C1=O. The fraction of sp³-hybridized carbons (Fsp3) is 0.591. The van der Waals surface area contributed by atoms with Crippen molar-refractivity contribution < 1.29 is 19.1 Å². The number of carbonyl (C=O) groups excluding carboxylic acids is 3. The van der Waals surface area contributed by atoms with Gasteiger partial charge < -0.3 is 20.3 Å². The van der Waals surface area contributed by atoms with Gasteiger partial charge in [-0.15, -0.1) is 0 Å². The average Bonchev–Trinajstić information content (AvgIpc) is 2.98. The number of carbonyl (C=O) groups is 3. The van der Waals surface area contributed by atoms with Crippen molar-refractivity contribution in [3.8, 4) is 0 Å². The van der Waals surface area contributed by atoms with Crippen LogP contribution in [-0.2, 0) is 14.3 Å². The number of rotatable bonds is 8. The van der Waals surface area contributed by atoms with Gasteiger partial charge in [-0.3, -0.25) is 9.59 Å². The van der Waals surface area contributed by atoms with E-state index in [4.69, 9.17) is 4.74 Å². The third-order valence-electron chi connectivity index (χ3n) is 5.82. The minimum Gasteiger partial charge on any atom is -0.378 e. The Kier molecular flexibility index (Phi) is 6.97. The van der Waals surface area contributed by atoms with Crippen molar-refractivity contribution >= 4 is 29.2 Å². The first-order valence-electron chi connectivity index (χ1n) is 10.8. The standard InChI is InChI=1S/C22H32N4O4/c1-4-10-22(11-5-2)20(28)26(21(29)24-22)16(3)19(27)23-17-6-8-18(9-7-17)25-12-14-30-15-13-25/h6-9,16H,4-5,10-15H2,1-3H3,(H,23,27)(H,24,29)/t16-/m1/s1. The summed E-state index contributed by atoms with van der Waals surface area (Å²) in [6, 6.07) is 6.18. The van der Waals surface area contributed by atoms with Gasteiger partial charge in [0.15, 0.2) is 0 Å². The minimum atomic E-state index is -0.896. The van der Waals surface area contributed by atoms with Crippen molar-refractivity contribution in [3.05, 3.63) is 24.3 Å². The van der Waals surface area contributed by atoms with E-state index in [0.29, 0.717) is 31.7 Å². The van der Waals surface area contributed by atoms with Crippen LogP contribution in [0.4, 0.5) is 16.2 Å². The maximum atomic E-state index is 13.1. The summed E-state index contributed by atoms with van der Waals surface area (Å²) in [7, 11) is 0. The zero-order valence-corrected chi connectivity index (χ0v) is 18.1. The first-order valence-corrected chi connectivity index (χ1v) is 10.8. The van der Waals surface area contributed by atoms with Crippen LogP contribution in [0.3, 0.4) is 0 Å². The highest BCUT2D eigenvalue weighted by atomic mass is 16.5. The zero-order valence-electron chi connectivity index (χ0n) is 18.1. The highest BCUT2D eigenvalue weighted by Crippen LogP contribution is 2.29. The molecule has 2 saturated heterocycles. The Morgan fingerprint density at radius 3 is 2.30 bits per heavy atom. The van der Waals surface area contributed by atoms with Crippen LogP contribution in [0.2, 0.25) is 0 Å². The number of morpholine rings is 1. The number of hydrogen-bond donors (Lipinski definition) is 2. The molecule has 2 N–H and O–H groups in total. The van der Waals surface area contributed by atoms with Crippen LogP contribution in [0.15, 0.2) is 24.3 Å². The number of imide groups is 1. The minimum absolute atomic E-state index is 0.304. The molecule has 4 amide bonds. The Hall–Kier alpha value is -2.61. The molecular formula is C22H32N4O4. The molecule has 0 aromatic heterocycles. The van der Waals surface area contributed by atoms with Crippen molar-refractivity contribution in [2.75, 3.05) is 36.5 Å². The molecule has 164 valence electrons. The molecule has 8 heteroatoms. The Morgan fingerprint density at radius 2 is 1.73 bits per heavy atom. The lowest BCUT2D eigenvalue weighted by atomic mass is 9.88. The van der Waals surface area contributed by atoms with Crippen LogP contribution in [0.5, 0.6) is 0 Å². The van der Waals surface area contributed by atoms with Gasteiger partial charge >= 0.3 is 6.03 Å². The molecule has 0 unspecified atom stereocenters. The molecule has 1 aromatic rings. The molecule has 30 heavy (non-hydrogen) atoms. The number of urea groups is 1.